The molecule has 34 heavy (non-hydrogen) atoms. The molecule has 6 heteroatoms. The first-order valence-electron chi connectivity index (χ1n) is 11.8. The molecule has 1 unspecified atom stereocenters. The lowest BCUT2D eigenvalue weighted by Gasteiger charge is -2.40. The number of hydrogen-bond acceptors (Lipinski definition) is 3. The Balaban J connectivity index is 1.37. The summed E-state index contributed by atoms with van der Waals surface area (Å²) in [5, 5.41) is 1.47. The van der Waals surface area contributed by atoms with Gasteiger partial charge >= 0.3 is 0 Å². The molecule has 3 aromatic carbocycles. The van der Waals surface area contributed by atoms with Crippen molar-refractivity contribution in [2.24, 2.45) is 0 Å². The van der Waals surface area contributed by atoms with Gasteiger partial charge in [-0.05, 0) is 48.4 Å². The fourth-order valence-electron chi connectivity index (χ4n) is 4.53. The van der Waals surface area contributed by atoms with E-state index in [0.717, 1.165) is 42.2 Å². The number of rotatable bonds is 8. The molecule has 4 rings (SSSR count). The Hall–Kier alpha value is -2.37. The molecule has 1 saturated heterocycles. The van der Waals surface area contributed by atoms with Crippen LogP contribution in [-0.4, -0.2) is 66.9 Å². The van der Waals surface area contributed by atoms with Gasteiger partial charge in [0.1, 0.15) is 0 Å². The van der Waals surface area contributed by atoms with E-state index in [9.17, 15) is 4.79 Å². The Bertz CT molecular complexity index is 1070. The van der Waals surface area contributed by atoms with Crippen molar-refractivity contribution >= 4 is 29.1 Å². The molecule has 0 bridgehead atoms. The highest BCUT2D eigenvalue weighted by atomic mass is 35.5. The second-order valence-electron chi connectivity index (χ2n) is 8.87. The van der Waals surface area contributed by atoms with Gasteiger partial charge in [0, 0.05) is 42.8 Å². The number of piperazine rings is 1. The van der Waals surface area contributed by atoms with E-state index in [-0.39, 0.29) is 11.9 Å². The van der Waals surface area contributed by atoms with Crippen molar-refractivity contribution in [1.82, 2.24) is 14.7 Å². The topological polar surface area (TPSA) is 26.8 Å². The molecule has 0 aliphatic carbocycles. The van der Waals surface area contributed by atoms with Crippen LogP contribution < -0.4 is 0 Å². The molecule has 1 amide bonds. The average Bonchev–Trinajstić information content (AvgIpc) is 2.86. The summed E-state index contributed by atoms with van der Waals surface area (Å²) in [6, 6.07) is 26.4. The van der Waals surface area contributed by atoms with E-state index in [1.54, 1.807) is 0 Å². The molecular weight excluding hydrogens is 465 g/mol. The third kappa shape index (κ3) is 6.39. The minimum absolute atomic E-state index is 0.0248. The van der Waals surface area contributed by atoms with Crippen LogP contribution in [0.5, 0.6) is 0 Å². The van der Waals surface area contributed by atoms with Crippen LogP contribution in [0.25, 0.3) is 0 Å². The van der Waals surface area contributed by atoms with Crippen molar-refractivity contribution < 1.29 is 4.79 Å². The highest BCUT2D eigenvalue weighted by Crippen LogP contribution is 2.34. The first-order valence-corrected chi connectivity index (χ1v) is 12.5. The molecule has 1 fully saturated rings. The maximum Gasteiger partial charge on any atom is 0.236 e. The first kappa shape index (κ1) is 24.7. The van der Waals surface area contributed by atoms with Crippen LogP contribution in [-0.2, 0) is 11.2 Å². The van der Waals surface area contributed by atoms with E-state index in [0.29, 0.717) is 24.7 Å². The van der Waals surface area contributed by atoms with Gasteiger partial charge in [-0.2, -0.15) is 0 Å². The second kappa shape index (κ2) is 11.9. The minimum atomic E-state index is 0.0248. The number of nitrogens with zero attached hydrogens (tertiary/aromatic N) is 3. The lowest BCUT2D eigenvalue weighted by molar-refractivity contribution is -0.134. The zero-order valence-electron chi connectivity index (χ0n) is 19.5. The van der Waals surface area contributed by atoms with Crippen molar-refractivity contribution in [2.45, 2.75) is 12.5 Å². The molecule has 0 radical (unpaired) electrons. The average molecular weight is 496 g/mol. The molecule has 178 valence electrons. The van der Waals surface area contributed by atoms with Crippen LogP contribution in [0, 0.1) is 0 Å². The normalized spacial score (nSPS) is 15.5. The van der Waals surface area contributed by atoms with Gasteiger partial charge in [0.15, 0.2) is 0 Å². The number of halogens is 2. The summed E-state index contributed by atoms with van der Waals surface area (Å²) in [5.74, 6) is 0.191. The highest BCUT2D eigenvalue weighted by molar-refractivity contribution is 6.31. The van der Waals surface area contributed by atoms with E-state index >= 15 is 0 Å². The SMILES string of the molecule is CN(CCc1ccccc1)CC(=O)N1CCN(C(c2ccc(Cl)cc2)c2ccccc2Cl)CC1. The highest BCUT2D eigenvalue weighted by Gasteiger charge is 2.29. The van der Waals surface area contributed by atoms with Gasteiger partial charge in [0.25, 0.3) is 0 Å². The smallest absolute Gasteiger partial charge is 0.236 e. The molecule has 1 aliphatic heterocycles. The van der Waals surface area contributed by atoms with Gasteiger partial charge in [-0.15, -0.1) is 0 Å². The van der Waals surface area contributed by atoms with E-state index in [1.807, 2.05) is 48.3 Å². The third-order valence-corrected chi connectivity index (χ3v) is 7.04. The van der Waals surface area contributed by atoms with Crippen LogP contribution in [0.1, 0.15) is 22.7 Å². The third-order valence-electron chi connectivity index (χ3n) is 6.45. The van der Waals surface area contributed by atoms with Gasteiger partial charge < -0.3 is 4.90 Å². The van der Waals surface area contributed by atoms with Crippen LogP contribution >= 0.6 is 23.2 Å². The number of hydrogen-bond donors (Lipinski definition) is 0. The summed E-state index contributed by atoms with van der Waals surface area (Å²) in [5.41, 5.74) is 3.52. The lowest BCUT2D eigenvalue weighted by Crippen LogP contribution is -2.51. The Morgan fingerprint density at radius 3 is 2.21 bits per heavy atom. The molecule has 0 spiro atoms. The maximum absolute atomic E-state index is 13.0. The number of carbonyl (C=O) groups is 1. The molecule has 1 atom stereocenters. The molecule has 0 saturated carbocycles. The summed E-state index contributed by atoms with van der Waals surface area (Å²) in [6.45, 7) is 4.30. The summed E-state index contributed by atoms with van der Waals surface area (Å²) in [4.78, 5) is 19.5. The molecular formula is C28H31Cl2N3O. The minimum Gasteiger partial charge on any atom is -0.339 e. The first-order chi connectivity index (χ1) is 16.5. The summed E-state index contributed by atoms with van der Waals surface area (Å²) < 4.78 is 0. The number of carbonyl (C=O) groups excluding carboxylic acids is 1. The molecule has 3 aromatic rings. The second-order valence-corrected chi connectivity index (χ2v) is 9.71. The van der Waals surface area contributed by atoms with Gasteiger partial charge in [0.2, 0.25) is 5.91 Å². The van der Waals surface area contributed by atoms with E-state index in [2.05, 4.69) is 52.3 Å². The number of amides is 1. The summed E-state index contributed by atoms with van der Waals surface area (Å²) >= 11 is 12.8. The predicted octanol–water partition coefficient (Wildman–Crippen LogP) is 5.40. The van der Waals surface area contributed by atoms with Crippen LogP contribution in [0.2, 0.25) is 10.0 Å². The zero-order valence-corrected chi connectivity index (χ0v) is 21.1. The Labute approximate surface area is 212 Å². The quantitative estimate of drug-likeness (QED) is 0.418. The van der Waals surface area contributed by atoms with Crippen molar-refractivity contribution in [3.63, 3.8) is 0 Å². The van der Waals surface area contributed by atoms with E-state index < -0.39 is 0 Å². The summed E-state index contributed by atoms with van der Waals surface area (Å²) in [6.07, 6.45) is 0.943. The molecule has 0 aromatic heterocycles. The molecule has 1 heterocycles. The van der Waals surface area contributed by atoms with Crippen molar-refractivity contribution in [3.05, 3.63) is 106 Å². The summed E-state index contributed by atoms with van der Waals surface area (Å²) in [7, 11) is 2.02. The fourth-order valence-corrected chi connectivity index (χ4v) is 4.90. The Morgan fingerprint density at radius 2 is 1.53 bits per heavy atom. The molecule has 4 nitrogen and oxygen atoms in total. The van der Waals surface area contributed by atoms with Crippen LogP contribution in [0.15, 0.2) is 78.9 Å². The zero-order chi connectivity index (χ0) is 23.9. The number of benzene rings is 3. The fraction of sp³-hybridized carbons (Fsp3) is 0.321. The standard InChI is InChI=1S/C28H31Cl2N3O/c1-31(16-15-22-7-3-2-4-8-22)21-27(34)32-17-19-33(20-18-32)28(23-11-13-24(29)14-12-23)25-9-5-6-10-26(25)30/h2-14,28H,15-21H2,1H3. The van der Waals surface area contributed by atoms with E-state index in [4.69, 9.17) is 23.2 Å². The van der Waals surface area contributed by atoms with Gasteiger partial charge in [0.05, 0.1) is 12.6 Å². The Morgan fingerprint density at radius 1 is 0.882 bits per heavy atom. The molecule has 1 aliphatic rings. The monoisotopic (exact) mass is 495 g/mol. The van der Waals surface area contributed by atoms with Crippen molar-refractivity contribution in [1.29, 1.82) is 0 Å². The predicted molar refractivity (Wildman–Crippen MR) is 141 cm³/mol. The van der Waals surface area contributed by atoms with E-state index in [1.165, 1.54) is 5.56 Å². The maximum atomic E-state index is 13.0. The van der Waals surface area contributed by atoms with Crippen molar-refractivity contribution in [2.75, 3.05) is 46.3 Å². The van der Waals surface area contributed by atoms with Crippen molar-refractivity contribution in [3.8, 4) is 0 Å². The molecule has 0 N–H and O–H groups in total. The van der Waals surface area contributed by atoms with Crippen LogP contribution in [0.4, 0.5) is 0 Å². The largest absolute Gasteiger partial charge is 0.339 e. The lowest BCUT2D eigenvalue weighted by atomic mass is 9.96. The Kier molecular flexibility index (Phi) is 8.63. The van der Waals surface area contributed by atoms with Crippen LogP contribution in [0.3, 0.4) is 0 Å². The van der Waals surface area contributed by atoms with Gasteiger partial charge in [-0.25, -0.2) is 0 Å². The van der Waals surface area contributed by atoms with Gasteiger partial charge in [-0.1, -0.05) is 83.9 Å². The number of likely N-dealkylation sites (N-methyl/N-ethyl adjacent to an activating group) is 1. The van der Waals surface area contributed by atoms with Gasteiger partial charge in [-0.3, -0.25) is 14.6 Å².